The van der Waals surface area contributed by atoms with Gasteiger partial charge in [0.25, 0.3) is 15.9 Å². The summed E-state index contributed by atoms with van der Waals surface area (Å²) in [6, 6.07) is 11.5. The number of hydrogen-bond donors (Lipinski definition) is 1. The van der Waals surface area contributed by atoms with Gasteiger partial charge < -0.3 is 9.64 Å². The van der Waals surface area contributed by atoms with E-state index in [9.17, 15) is 13.2 Å². The molecule has 0 aromatic heterocycles. The molecule has 1 saturated heterocycles. The van der Waals surface area contributed by atoms with E-state index < -0.39 is 10.0 Å². The van der Waals surface area contributed by atoms with Crippen LogP contribution in [0, 0.1) is 13.8 Å². The van der Waals surface area contributed by atoms with Crippen molar-refractivity contribution in [1.29, 1.82) is 0 Å². The Morgan fingerprint density at radius 2 is 1.81 bits per heavy atom. The standard InChI is InChI=1S/C20H24N2O4S/c1-14-4-9-19(12-15(14)2)27(24,25)21-18-7-5-17(6-8-18)20(23)22-10-11-26-16(3)13-22/h4-9,12,16,21H,10-11,13H2,1-3H3/t16-/m1/s1. The minimum Gasteiger partial charge on any atom is -0.375 e. The molecule has 0 spiro atoms. The maximum atomic E-state index is 12.6. The van der Waals surface area contributed by atoms with Crippen molar-refractivity contribution < 1.29 is 17.9 Å². The molecule has 6 nitrogen and oxygen atoms in total. The molecule has 3 rings (SSSR count). The molecule has 0 bridgehead atoms. The van der Waals surface area contributed by atoms with Crippen LogP contribution in [0.1, 0.15) is 28.4 Å². The minimum absolute atomic E-state index is 0.0201. The van der Waals surface area contributed by atoms with Crippen LogP contribution in [0.4, 0.5) is 5.69 Å². The third kappa shape index (κ3) is 4.48. The molecular weight excluding hydrogens is 364 g/mol. The summed E-state index contributed by atoms with van der Waals surface area (Å²) in [6.07, 6.45) is 0.0201. The van der Waals surface area contributed by atoms with Gasteiger partial charge in [-0.2, -0.15) is 0 Å². The second-order valence-corrected chi connectivity index (χ2v) is 8.54. The van der Waals surface area contributed by atoms with Gasteiger partial charge in [-0.05, 0) is 68.3 Å². The summed E-state index contributed by atoms with van der Waals surface area (Å²) >= 11 is 0. The van der Waals surface area contributed by atoms with E-state index in [-0.39, 0.29) is 16.9 Å². The molecule has 144 valence electrons. The Hall–Kier alpha value is -2.38. The fraction of sp³-hybridized carbons (Fsp3) is 0.350. The van der Waals surface area contributed by atoms with Crippen LogP contribution in [0.3, 0.4) is 0 Å². The first-order valence-corrected chi connectivity index (χ1v) is 10.4. The number of morpholine rings is 1. The number of benzene rings is 2. The van der Waals surface area contributed by atoms with E-state index >= 15 is 0 Å². The molecule has 7 heteroatoms. The summed E-state index contributed by atoms with van der Waals surface area (Å²) < 4.78 is 33.2. The molecule has 1 N–H and O–H groups in total. The first kappa shape index (κ1) is 19.4. The monoisotopic (exact) mass is 388 g/mol. The highest BCUT2D eigenvalue weighted by Crippen LogP contribution is 2.20. The largest absolute Gasteiger partial charge is 0.375 e. The van der Waals surface area contributed by atoms with Gasteiger partial charge in [0.1, 0.15) is 0 Å². The van der Waals surface area contributed by atoms with Crippen LogP contribution < -0.4 is 4.72 Å². The van der Waals surface area contributed by atoms with Gasteiger partial charge in [0.05, 0.1) is 17.6 Å². The summed E-state index contributed by atoms with van der Waals surface area (Å²) in [5.74, 6) is -0.0753. The molecule has 0 aliphatic carbocycles. The number of ether oxygens (including phenoxy) is 1. The second kappa shape index (κ2) is 7.70. The van der Waals surface area contributed by atoms with Gasteiger partial charge >= 0.3 is 0 Å². The van der Waals surface area contributed by atoms with E-state index in [1.54, 1.807) is 47.4 Å². The van der Waals surface area contributed by atoms with Crippen molar-refractivity contribution in [3.05, 3.63) is 59.2 Å². The number of amides is 1. The molecule has 1 heterocycles. The maximum Gasteiger partial charge on any atom is 0.261 e. The molecule has 0 saturated carbocycles. The number of hydrogen-bond acceptors (Lipinski definition) is 4. The molecule has 1 atom stereocenters. The Labute approximate surface area is 160 Å². The molecule has 1 aliphatic rings. The predicted molar refractivity (Wildman–Crippen MR) is 104 cm³/mol. The van der Waals surface area contributed by atoms with Gasteiger partial charge in [-0.15, -0.1) is 0 Å². The third-order valence-electron chi connectivity index (χ3n) is 4.70. The summed E-state index contributed by atoms with van der Waals surface area (Å²) in [6.45, 7) is 7.39. The lowest BCUT2D eigenvalue weighted by atomic mass is 10.1. The highest BCUT2D eigenvalue weighted by Gasteiger charge is 2.22. The topological polar surface area (TPSA) is 75.7 Å². The lowest BCUT2D eigenvalue weighted by Crippen LogP contribution is -2.44. The van der Waals surface area contributed by atoms with Crippen molar-refractivity contribution in [2.24, 2.45) is 0 Å². The molecule has 1 fully saturated rings. The van der Waals surface area contributed by atoms with Crippen LogP contribution in [0.25, 0.3) is 0 Å². The Morgan fingerprint density at radius 3 is 2.44 bits per heavy atom. The smallest absolute Gasteiger partial charge is 0.261 e. The van der Waals surface area contributed by atoms with Crippen LogP contribution in [0.5, 0.6) is 0 Å². The first-order valence-electron chi connectivity index (χ1n) is 8.87. The van der Waals surface area contributed by atoms with E-state index in [1.165, 1.54) is 0 Å². The molecule has 27 heavy (non-hydrogen) atoms. The number of sulfonamides is 1. The third-order valence-corrected chi connectivity index (χ3v) is 6.08. The van der Waals surface area contributed by atoms with Crippen LogP contribution in [0.15, 0.2) is 47.4 Å². The zero-order chi connectivity index (χ0) is 19.6. The summed E-state index contributed by atoms with van der Waals surface area (Å²) in [5, 5.41) is 0. The number of rotatable bonds is 4. The van der Waals surface area contributed by atoms with Crippen molar-refractivity contribution in [1.82, 2.24) is 4.90 Å². The molecule has 1 amide bonds. The van der Waals surface area contributed by atoms with Gasteiger partial charge in [0.15, 0.2) is 0 Å². The molecule has 0 radical (unpaired) electrons. The Morgan fingerprint density at radius 1 is 1.11 bits per heavy atom. The molecule has 2 aromatic carbocycles. The van der Waals surface area contributed by atoms with Crippen LogP contribution in [0.2, 0.25) is 0 Å². The number of aryl methyl sites for hydroxylation is 2. The summed E-state index contributed by atoms with van der Waals surface area (Å²) in [7, 11) is -3.68. The molecule has 1 aliphatic heterocycles. The minimum atomic E-state index is -3.68. The van der Waals surface area contributed by atoms with Crippen molar-refractivity contribution in [3.8, 4) is 0 Å². The fourth-order valence-electron chi connectivity index (χ4n) is 2.96. The van der Waals surface area contributed by atoms with Crippen molar-refractivity contribution >= 4 is 21.6 Å². The number of nitrogens with one attached hydrogen (secondary N) is 1. The van der Waals surface area contributed by atoms with Crippen LogP contribution in [-0.2, 0) is 14.8 Å². The lowest BCUT2D eigenvalue weighted by Gasteiger charge is -2.31. The highest BCUT2D eigenvalue weighted by molar-refractivity contribution is 7.92. The number of carbonyl (C=O) groups excluding carboxylic acids is 1. The molecular formula is C20H24N2O4S. The highest BCUT2D eigenvalue weighted by atomic mass is 32.2. The molecule has 0 unspecified atom stereocenters. The van der Waals surface area contributed by atoms with E-state index in [2.05, 4.69) is 4.72 Å². The van der Waals surface area contributed by atoms with Crippen molar-refractivity contribution in [3.63, 3.8) is 0 Å². The number of nitrogens with zero attached hydrogens (tertiary/aromatic N) is 1. The number of carbonyl (C=O) groups is 1. The SMILES string of the molecule is Cc1ccc(S(=O)(=O)Nc2ccc(C(=O)N3CCO[C@H](C)C3)cc2)cc1C. The number of anilines is 1. The Kier molecular flexibility index (Phi) is 5.53. The summed E-state index contributed by atoms with van der Waals surface area (Å²) in [4.78, 5) is 14.5. The van der Waals surface area contributed by atoms with E-state index in [0.29, 0.717) is 30.9 Å². The zero-order valence-electron chi connectivity index (χ0n) is 15.7. The van der Waals surface area contributed by atoms with Gasteiger partial charge in [0.2, 0.25) is 0 Å². The fourth-order valence-corrected chi connectivity index (χ4v) is 4.10. The van der Waals surface area contributed by atoms with Gasteiger partial charge in [-0.25, -0.2) is 8.42 Å². The average molecular weight is 388 g/mol. The van der Waals surface area contributed by atoms with Crippen molar-refractivity contribution in [2.75, 3.05) is 24.4 Å². The normalized spacial score (nSPS) is 17.6. The maximum absolute atomic E-state index is 12.6. The predicted octanol–water partition coefficient (Wildman–Crippen LogP) is 2.97. The van der Waals surface area contributed by atoms with E-state index in [1.807, 2.05) is 20.8 Å². The summed E-state index contributed by atoms with van der Waals surface area (Å²) in [5.41, 5.74) is 2.89. The van der Waals surface area contributed by atoms with Crippen LogP contribution >= 0.6 is 0 Å². The van der Waals surface area contributed by atoms with Gasteiger partial charge in [-0.3, -0.25) is 9.52 Å². The van der Waals surface area contributed by atoms with Crippen LogP contribution in [-0.4, -0.2) is 45.0 Å². The lowest BCUT2D eigenvalue weighted by molar-refractivity contribution is -0.0124. The quantitative estimate of drug-likeness (QED) is 0.874. The van der Waals surface area contributed by atoms with E-state index in [4.69, 9.17) is 4.74 Å². The van der Waals surface area contributed by atoms with E-state index in [0.717, 1.165) is 11.1 Å². The van der Waals surface area contributed by atoms with Gasteiger partial charge in [-0.1, -0.05) is 6.07 Å². The Bertz CT molecular complexity index is 939. The first-order chi connectivity index (χ1) is 12.8. The van der Waals surface area contributed by atoms with Crippen molar-refractivity contribution in [2.45, 2.75) is 31.8 Å². The average Bonchev–Trinajstić information content (AvgIpc) is 2.63. The zero-order valence-corrected chi connectivity index (χ0v) is 16.5. The Balaban J connectivity index is 1.73. The second-order valence-electron chi connectivity index (χ2n) is 6.86. The molecule has 2 aromatic rings. The van der Waals surface area contributed by atoms with Gasteiger partial charge in [0, 0.05) is 24.3 Å².